The van der Waals surface area contributed by atoms with E-state index in [-0.39, 0.29) is 24.7 Å². The molecule has 0 radical (unpaired) electrons. The topological polar surface area (TPSA) is 55.4 Å². The molecule has 0 amide bonds. The number of benzene rings is 2. The lowest BCUT2D eigenvalue weighted by atomic mass is 10.2. The summed E-state index contributed by atoms with van der Waals surface area (Å²) in [7, 11) is -3.62. The van der Waals surface area contributed by atoms with Crippen molar-refractivity contribution in [2.45, 2.75) is 5.75 Å². The number of halogens is 3. The zero-order valence-corrected chi connectivity index (χ0v) is 13.7. The summed E-state index contributed by atoms with van der Waals surface area (Å²) in [5.41, 5.74) is 0.442. The first-order valence-corrected chi connectivity index (χ1v) is 8.76. The van der Waals surface area contributed by atoms with E-state index in [1.165, 1.54) is 24.3 Å². The Morgan fingerprint density at radius 2 is 1.64 bits per heavy atom. The Morgan fingerprint density at radius 1 is 0.960 bits per heavy atom. The molecule has 0 aliphatic carbocycles. The molecular formula is C17H14F3NO3S. The van der Waals surface area contributed by atoms with Gasteiger partial charge in [-0.25, -0.2) is 26.3 Å². The third-order valence-corrected chi connectivity index (χ3v) is 4.27. The summed E-state index contributed by atoms with van der Waals surface area (Å²) in [5.74, 6) is 2.57. The first kappa shape index (κ1) is 18.8. The fourth-order valence-corrected chi connectivity index (χ4v) is 2.84. The predicted octanol–water partition coefficient (Wildman–Crippen LogP) is 2.61. The van der Waals surface area contributed by atoms with Crippen molar-refractivity contribution in [1.29, 1.82) is 0 Å². The number of hydrogen-bond donors (Lipinski definition) is 1. The Hall–Kier alpha value is -2.50. The fraction of sp³-hybridized carbons (Fsp3) is 0.176. The first-order valence-electron chi connectivity index (χ1n) is 7.11. The summed E-state index contributed by atoms with van der Waals surface area (Å²) in [6.45, 7) is -0.332. The molecule has 2 aromatic rings. The van der Waals surface area contributed by atoms with Crippen molar-refractivity contribution in [3.63, 3.8) is 0 Å². The molecule has 25 heavy (non-hydrogen) atoms. The van der Waals surface area contributed by atoms with E-state index in [0.29, 0.717) is 11.6 Å². The van der Waals surface area contributed by atoms with Crippen LogP contribution in [-0.2, 0) is 15.8 Å². The van der Waals surface area contributed by atoms with Crippen LogP contribution in [0.5, 0.6) is 5.75 Å². The zero-order chi connectivity index (χ0) is 18.3. The van der Waals surface area contributed by atoms with E-state index in [2.05, 4.69) is 16.6 Å². The van der Waals surface area contributed by atoms with Crippen molar-refractivity contribution in [3.8, 4) is 17.6 Å². The molecule has 0 aliphatic rings. The maximum atomic E-state index is 13.3. The van der Waals surface area contributed by atoms with Crippen LogP contribution in [-0.4, -0.2) is 21.6 Å². The smallest absolute Gasteiger partial charge is 0.216 e. The maximum absolute atomic E-state index is 13.3. The van der Waals surface area contributed by atoms with Crippen molar-refractivity contribution < 1.29 is 26.3 Å². The van der Waals surface area contributed by atoms with Gasteiger partial charge in [-0.05, 0) is 29.8 Å². The second-order valence-corrected chi connectivity index (χ2v) is 6.73. The molecule has 0 aliphatic heterocycles. The minimum atomic E-state index is -3.62. The number of nitrogens with one attached hydrogen (secondary N) is 1. The van der Waals surface area contributed by atoms with Crippen LogP contribution in [0.15, 0.2) is 42.5 Å². The second-order valence-electron chi connectivity index (χ2n) is 4.92. The summed E-state index contributed by atoms with van der Waals surface area (Å²) >= 11 is 0. The van der Waals surface area contributed by atoms with E-state index in [0.717, 1.165) is 12.1 Å². The highest BCUT2D eigenvalue weighted by atomic mass is 32.2. The number of ether oxygens (including phenoxy) is 1. The highest BCUT2D eigenvalue weighted by molar-refractivity contribution is 7.88. The summed E-state index contributed by atoms with van der Waals surface area (Å²) in [4.78, 5) is 0. The van der Waals surface area contributed by atoms with Gasteiger partial charge in [-0.2, -0.15) is 0 Å². The molecule has 1 N–H and O–H groups in total. The van der Waals surface area contributed by atoms with Gasteiger partial charge in [-0.15, -0.1) is 0 Å². The highest BCUT2D eigenvalue weighted by Crippen LogP contribution is 2.17. The van der Waals surface area contributed by atoms with Gasteiger partial charge >= 0.3 is 0 Å². The summed E-state index contributed by atoms with van der Waals surface area (Å²) in [6.07, 6.45) is 0. The molecule has 0 saturated heterocycles. The molecule has 0 spiro atoms. The van der Waals surface area contributed by atoms with Crippen molar-refractivity contribution >= 4 is 10.0 Å². The van der Waals surface area contributed by atoms with Gasteiger partial charge in [-0.1, -0.05) is 24.0 Å². The Bertz CT molecular complexity index is 888. The monoisotopic (exact) mass is 369 g/mol. The third kappa shape index (κ3) is 6.49. The Balaban J connectivity index is 1.78. The van der Waals surface area contributed by atoms with Gasteiger partial charge < -0.3 is 4.74 Å². The Labute approximate surface area is 143 Å². The molecule has 0 unspecified atom stereocenters. The molecule has 0 atom stereocenters. The molecule has 0 saturated carbocycles. The van der Waals surface area contributed by atoms with Crippen molar-refractivity contribution in [1.82, 2.24) is 4.72 Å². The molecule has 4 nitrogen and oxygen atoms in total. The van der Waals surface area contributed by atoms with Gasteiger partial charge in [0.1, 0.15) is 18.2 Å². The van der Waals surface area contributed by atoms with E-state index in [1.807, 2.05) is 0 Å². The van der Waals surface area contributed by atoms with Crippen LogP contribution in [0.25, 0.3) is 0 Å². The molecule has 0 aromatic heterocycles. The quantitative estimate of drug-likeness (QED) is 0.797. The molecular weight excluding hydrogens is 355 g/mol. The lowest BCUT2D eigenvalue weighted by Crippen LogP contribution is -2.25. The maximum Gasteiger partial charge on any atom is 0.216 e. The highest BCUT2D eigenvalue weighted by Gasteiger charge is 2.10. The number of rotatable bonds is 6. The minimum Gasteiger partial charge on any atom is -0.478 e. The zero-order valence-electron chi connectivity index (χ0n) is 12.9. The Kier molecular flexibility index (Phi) is 6.44. The van der Waals surface area contributed by atoms with Crippen LogP contribution in [0.1, 0.15) is 5.56 Å². The average Bonchev–Trinajstić information content (AvgIpc) is 2.54. The van der Waals surface area contributed by atoms with Gasteiger partial charge in [0, 0.05) is 6.07 Å². The van der Waals surface area contributed by atoms with Gasteiger partial charge in [-0.3, -0.25) is 0 Å². The van der Waals surface area contributed by atoms with Crippen LogP contribution >= 0.6 is 0 Å². The summed E-state index contributed by atoms with van der Waals surface area (Å²) < 4.78 is 69.7. The van der Waals surface area contributed by atoms with Crippen LogP contribution < -0.4 is 9.46 Å². The largest absolute Gasteiger partial charge is 0.478 e. The second kappa shape index (κ2) is 8.55. The molecule has 132 valence electrons. The molecule has 2 aromatic carbocycles. The summed E-state index contributed by atoms with van der Waals surface area (Å²) in [5, 5.41) is 0. The Morgan fingerprint density at radius 3 is 2.32 bits per heavy atom. The molecule has 2 rings (SSSR count). The van der Waals surface area contributed by atoms with Crippen LogP contribution in [0.4, 0.5) is 13.2 Å². The average molecular weight is 369 g/mol. The van der Waals surface area contributed by atoms with Gasteiger partial charge in [0.25, 0.3) is 0 Å². The minimum absolute atomic E-state index is 0.146. The van der Waals surface area contributed by atoms with E-state index in [4.69, 9.17) is 4.74 Å². The van der Waals surface area contributed by atoms with Crippen molar-refractivity contribution in [2.75, 3.05) is 13.2 Å². The van der Waals surface area contributed by atoms with Crippen LogP contribution in [0.3, 0.4) is 0 Å². The normalized spacial score (nSPS) is 10.8. The van der Waals surface area contributed by atoms with Gasteiger partial charge in [0.05, 0.1) is 12.3 Å². The van der Waals surface area contributed by atoms with E-state index in [1.54, 1.807) is 0 Å². The SMILES string of the molecule is O=S(=O)(Cc1ccc(F)cc1)NCC#CCOc1ccc(F)cc1F. The van der Waals surface area contributed by atoms with E-state index in [9.17, 15) is 21.6 Å². The van der Waals surface area contributed by atoms with Crippen molar-refractivity contribution in [2.24, 2.45) is 0 Å². The molecule has 0 heterocycles. The fourth-order valence-electron chi connectivity index (χ4n) is 1.82. The van der Waals surface area contributed by atoms with Crippen LogP contribution in [0, 0.1) is 29.3 Å². The molecule has 0 fully saturated rings. The summed E-state index contributed by atoms with van der Waals surface area (Å²) in [6, 6.07) is 7.99. The van der Waals surface area contributed by atoms with Gasteiger partial charge in [0.15, 0.2) is 11.6 Å². The standard InChI is InChI=1S/C17H14F3NO3S/c18-14-5-3-13(4-6-14)12-25(22,23)21-9-1-2-10-24-17-8-7-15(19)11-16(17)20/h3-8,11,21H,9-10,12H2. The lowest BCUT2D eigenvalue weighted by molar-refractivity contribution is 0.346. The lowest BCUT2D eigenvalue weighted by Gasteiger charge is -2.04. The number of hydrogen-bond acceptors (Lipinski definition) is 3. The number of sulfonamides is 1. The van der Waals surface area contributed by atoms with Crippen LogP contribution in [0.2, 0.25) is 0 Å². The molecule has 8 heteroatoms. The predicted molar refractivity (Wildman–Crippen MR) is 86.7 cm³/mol. The third-order valence-electron chi connectivity index (χ3n) is 2.97. The van der Waals surface area contributed by atoms with Crippen molar-refractivity contribution in [3.05, 3.63) is 65.5 Å². The van der Waals surface area contributed by atoms with E-state index >= 15 is 0 Å². The van der Waals surface area contributed by atoms with Gasteiger partial charge in [0.2, 0.25) is 10.0 Å². The molecule has 0 bridgehead atoms. The first-order chi connectivity index (χ1) is 11.9. The van der Waals surface area contributed by atoms with E-state index < -0.39 is 27.5 Å².